The fourth-order valence-electron chi connectivity index (χ4n) is 2.82. The van der Waals surface area contributed by atoms with Crippen molar-refractivity contribution in [3.63, 3.8) is 0 Å². The summed E-state index contributed by atoms with van der Waals surface area (Å²) in [6.45, 7) is 1.75. The minimum atomic E-state index is -1.15. The van der Waals surface area contributed by atoms with Crippen LogP contribution in [0.5, 0.6) is 0 Å². The minimum absolute atomic E-state index is 0.0257. The first-order valence-corrected chi connectivity index (χ1v) is 6.79. The molecule has 1 atom stereocenters. The molecule has 1 aliphatic heterocycles. The third-order valence-electron chi connectivity index (χ3n) is 3.68. The summed E-state index contributed by atoms with van der Waals surface area (Å²) in [5, 5.41) is 20.5. The molecule has 0 amide bonds. The van der Waals surface area contributed by atoms with E-state index in [1.807, 2.05) is 0 Å². The number of hydrogen-bond acceptors (Lipinski definition) is 5. The largest absolute Gasteiger partial charge is 0.478 e. The van der Waals surface area contributed by atoms with E-state index in [9.17, 15) is 20.0 Å². The molecule has 1 saturated heterocycles. The van der Waals surface area contributed by atoms with E-state index in [0.717, 1.165) is 12.8 Å². The molecule has 1 fully saturated rings. The predicted octanol–water partition coefficient (Wildman–Crippen LogP) is 2.16. The van der Waals surface area contributed by atoms with Gasteiger partial charge >= 0.3 is 5.97 Å². The van der Waals surface area contributed by atoms with E-state index in [2.05, 4.69) is 0 Å². The minimum Gasteiger partial charge on any atom is -0.478 e. The Hall–Kier alpha value is -2.15. The molecule has 7 nitrogen and oxygen atoms in total. The number of para-hydroxylation sites is 1. The normalized spacial score (nSPS) is 18.5. The monoisotopic (exact) mass is 294 g/mol. The number of nitro groups is 1. The van der Waals surface area contributed by atoms with E-state index >= 15 is 0 Å². The van der Waals surface area contributed by atoms with Crippen molar-refractivity contribution in [3.8, 4) is 0 Å². The number of methoxy groups -OCH3 is 1. The van der Waals surface area contributed by atoms with Crippen LogP contribution in [0.2, 0.25) is 0 Å². The molecule has 1 heterocycles. The molecular weight excluding hydrogens is 276 g/mol. The van der Waals surface area contributed by atoms with Crippen LogP contribution in [0.25, 0.3) is 0 Å². The molecule has 7 heteroatoms. The van der Waals surface area contributed by atoms with Crippen molar-refractivity contribution in [2.24, 2.45) is 5.92 Å². The summed E-state index contributed by atoms with van der Waals surface area (Å²) in [6, 6.07) is 4.16. The van der Waals surface area contributed by atoms with Crippen molar-refractivity contribution in [3.05, 3.63) is 33.9 Å². The molecule has 114 valence electrons. The molecule has 0 spiro atoms. The van der Waals surface area contributed by atoms with Crippen LogP contribution >= 0.6 is 0 Å². The summed E-state index contributed by atoms with van der Waals surface area (Å²) in [7, 11) is 1.62. The Morgan fingerprint density at radius 2 is 2.33 bits per heavy atom. The van der Waals surface area contributed by atoms with Crippen molar-refractivity contribution in [2.45, 2.75) is 12.8 Å². The molecule has 1 aliphatic rings. The first-order chi connectivity index (χ1) is 10.0. The number of rotatable bonds is 5. The molecule has 0 aromatic heterocycles. The van der Waals surface area contributed by atoms with Crippen molar-refractivity contribution in [1.82, 2.24) is 0 Å². The number of aromatic carboxylic acids is 1. The van der Waals surface area contributed by atoms with Gasteiger partial charge in [-0.15, -0.1) is 0 Å². The zero-order chi connectivity index (χ0) is 15.4. The van der Waals surface area contributed by atoms with Crippen LogP contribution in [-0.4, -0.2) is 42.8 Å². The van der Waals surface area contributed by atoms with Crippen LogP contribution in [0.3, 0.4) is 0 Å². The van der Waals surface area contributed by atoms with Gasteiger partial charge in [-0.1, -0.05) is 6.07 Å². The number of carbonyl (C=O) groups is 1. The summed E-state index contributed by atoms with van der Waals surface area (Å²) in [5.74, 6) is -0.896. The van der Waals surface area contributed by atoms with Gasteiger partial charge in [0.1, 0.15) is 5.69 Å². The van der Waals surface area contributed by atoms with Gasteiger partial charge < -0.3 is 14.7 Å². The maximum atomic E-state index is 11.4. The third-order valence-corrected chi connectivity index (χ3v) is 3.68. The molecule has 1 aromatic carbocycles. The molecule has 2 rings (SSSR count). The maximum absolute atomic E-state index is 11.4. The van der Waals surface area contributed by atoms with E-state index in [1.165, 1.54) is 18.2 Å². The van der Waals surface area contributed by atoms with Crippen molar-refractivity contribution in [2.75, 3.05) is 31.7 Å². The molecule has 1 N–H and O–H groups in total. The second-order valence-corrected chi connectivity index (χ2v) is 5.15. The summed E-state index contributed by atoms with van der Waals surface area (Å²) >= 11 is 0. The van der Waals surface area contributed by atoms with E-state index in [4.69, 9.17) is 4.74 Å². The Morgan fingerprint density at radius 3 is 2.95 bits per heavy atom. The lowest BCUT2D eigenvalue weighted by atomic mass is 9.97. The van der Waals surface area contributed by atoms with E-state index < -0.39 is 10.9 Å². The Kier molecular flexibility index (Phi) is 4.74. The average Bonchev–Trinajstić information content (AvgIpc) is 2.47. The smallest absolute Gasteiger partial charge is 0.338 e. The number of hydrogen-bond donors (Lipinski definition) is 1. The number of anilines is 1. The standard InChI is InChI=1S/C14H18N2O5/c1-21-9-10-4-3-7-15(8-10)13-11(14(17)18)5-2-6-12(13)16(19)20/h2,5-6,10H,3-4,7-9H2,1H3,(H,17,18). The highest BCUT2D eigenvalue weighted by molar-refractivity contribution is 5.97. The van der Waals surface area contributed by atoms with Crippen LogP contribution in [-0.2, 0) is 4.74 Å². The number of ether oxygens (including phenoxy) is 1. The molecule has 21 heavy (non-hydrogen) atoms. The highest BCUT2D eigenvalue weighted by atomic mass is 16.6. The average molecular weight is 294 g/mol. The summed E-state index contributed by atoms with van der Waals surface area (Å²) in [5.41, 5.74) is 0.0195. The molecule has 0 radical (unpaired) electrons. The zero-order valence-corrected chi connectivity index (χ0v) is 11.8. The molecule has 0 bridgehead atoms. The van der Waals surface area contributed by atoms with Crippen molar-refractivity contribution >= 4 is 17.3 Å². The topological polar surface area (TPSA) is 92.9 Å². The van der Waals surface area contributed by atoms with Gasteiger partial charge in [-0.3, -0.25) is 10.1 Å². The van der Waals surface area contributed by atoms with Gasteiger partial charge in [0.15, 0.2) is 0 Å². The number of nitro benzene ring substituents is 1. The van der Waals surface area contributed by atoms with Crippen LogP contribution in [0.15, 0.2) is 18.2 Å². The lowest BCUT2D eigenvalue weighted by molar-refractivity contribution is -0.384. The highest BCUT2D eigenvalue weighted by Gasteiger charge is 2.29. The second-order valence-electron chi connectivity index (χ2n) is 5.15. The highest BCUT2D eigenvalue weighted by Crippen LogP contribution is 2.34. The van der Waals surface area contributed by atoms with Crippen LogP contribution < -0.4 is 4.90 Å². The summed E-state index contributed by atoms with van der Waals surface area (Å²) in [6.07, 6.45) is 1.84. The first-order valence-electron chi connectivity index (χ1n) is 6.79. The van der Waals surface area contributed by atoms with E-state index in [1.54, 1.807) is 12.0 Å². The van der Waals surface area contributed by atoms with Gasteiger partial charge in [-0.05, 0) is 24.8 Å². The fraction of sp³-hybridized carbons (Fsp3) is 0.500. The lowest BCUT2D eigenvalue weighted by Gasteiger charge is -2.34. The van der Waals surface area contributed by atoms with Gasteiger partial charge in [-0.2, -0.15) is 0 Å². The second kappa shape index (κ2) is 6.53. The summed E-state index contributed by atoms with van der Waals surface area (Å²) in [4.78, 5) is 23.9. The third kappa shape index (κ3) is 3.30. The Morgan fingerprint density at radius 1 is 1.57 bits per heavy atom. The molecule has 0 saturated carbocycles. The Balaban J connectivity index is 2.40. The van der Waals surface area contributed by atoms with Crippen molar-refractivity contribution in [1.29, 1.82) is 0 Å². The van der Waals surface area contributed by atoms with Crippen LogP contribution in [0, 0.1) is 16.0 Å². The number of piperidine rings is 1. The Labute approximate surface area is 122 Å². The number of carboxylic acids is 1. The number of carboxylic acid groups (broad SMARTS) is 1. The molecule has 0 aliphatic carbocycles. The number of nitrogens with zero attached hydrogens (tertiary/aromatic N) is 2. The van der Waals surface area contributed by atoms with Gasteiger partial charge in [0.2, 0.25) is 0 Å². The van der Waals surface area contributed by atoms with Crippen LogP contribution in [0.4, 0.5) is 11.4 Å². The SMILES string of the molecule is COCC1CCCN(c2c(C(=O)O)cccc2[N+](=O)[O-])C1. The molecule has 1 unspecified atom stereocenters. The van der Waals surface area contributed by atoms with E-state index in [0.29, 0.717) is 19.7 Å². The van der Waals surface area contributed by atoms with Gasteiger partial charge in [0.25, 0.3) is 5.69 Å². The summed E-state index contributed by atoms with van der Waals surface area (Å²) < 4.78 is 5.14. The lowest BCUT2D eigenvalue weighted by Crippen LogP contribution is -2.38. The number of benzene rings is 1. The van der Waals surface area contributed by atoms with Crippen LogP contribution in [0.1, 0.15) is 23.2 Å². The van der Waals surface area contributed by atoms with Gasteiger partial charge in [0, 0.05) is 26.3 Å². The molecule has 1 aromatic rings. The first kappa shape index (κ1) is 15.2. The van der Waals surface area contributed by atoms with Gasteiger partial charge in [0.05, 0.1) is 17.1 Å². The van der Waals surface area contributed by atoms with Crippen molar-refractivity contribution < 1.29 is 19.6 Å². The van der Waals surface area contributed by atoms with E-state index in [-0.39, 0.29) is 22.9 Å². The quantitative estimate of drug-likeness (QED) is 0.660. The Bertz CT molecular complexity index is 512. The molecular formula is C14H18N2O5. The van der Waals surface area contributed by atoms with Gasteiger partial charge in [-0.25, -0.2) is 4.79 Å². The fourth-order valence-corrected chi connectivity index (χ4v) is 2.82. The maximum Gasteiger partial charge on any atom is 0.338 e. The predicted molar refractivity (Wildman–Crippen MR) is 76.9 cm³/mol. The zero-order valence-electron chi connectivity index (χ0n) is 11.8.